The minimum Gasteiger partial charge on any atom is -0.496 e. The van der Waals surface area contributed by atoms with Crippen LogP contribution in [0.2, 0.25) is 0 Å². The zero-order valence-corrected chi connectivity index (χ0v) is 13.2. The van der Waals surface area contributed by atoms with Crippen molar-refractivity contribution in [3.63, 3.8) is 0 Å². The lowest BCUT2D eigenvalue weighted by Crippen LogP contribution is -2.39. The second-order valence-electron chi connectivity index (χ2n) is 4.72. The topological polar surface area (TPSA) is 68.2 Å². The number of amides is 1. The average Bonchev–Trinajstić information content (AvgIpc) is 2.50. The number of rotatable bonds is 7. The Morgan fingerprint density at radius 1 is 1.10 bits per heavy atom. The lowest BCUT2D eigenvalue weighted by molar-refractivity contribution is 0.0661. The van der Waals surface area contributed by atoms with E-state index in [0.717, 1.165) is 0 Å². The van der Waals surface area contributed by atoms with Crippen molar-refractivity contribution in [3.8, 4) is 17.2 Å². The maximum Gasteiger partial charge on any atom is 0.258 e. The molecular formula is C15H23NO5. The molecule has 0 heterocycles. The highest BCUT2D eigenvalue weighted by molar-refractivity contribution is 5.98. The van der Waals surface area contributed by atoms with Crippen molar-refractivity contribution in [2.45, 2.75) is 19.9 Å². The van der Waals surface area contributed by atoms with Gasteiger partial charge in [0, 0.05) is 24.7 Å². The van der Waals surface area contributed by atoms with E-state index in [9.17, 15) is 4.79 Å². The SMILES string of the molecule is COc1cc(OC)c(C(=O)N(CCO)C(C)C)cc1OC. The minimum absolute atomic E-state index is 0.0394. The van der Waals surface area contributed by atoms with Gasteiger partial charge in [0.05, 0.1) is 33.5 Å². The highest BCUT2D eigenvalue weighted by Crippen LogP contribution is 2.35. The first kappa shape index (κ1) is 17.1. The highest BCUT2D eigenvalue weighted by Gasteiger charge is 2.24. The lowest BCUT2D eigenvalue weighted by Gasteiger charge is -2.27. The highest BCUT2D eigenvalue weighted by atomic mass is 16.5. The van der Waals surface area contributed by atoms with E-state index < -0.39 is 0 Å². The summed E-state index contributed by atoms with van der Waals surface area (Å²) >= 11 is 0. The molecule has 0 unspecified atom stereocenters. The standard InChI is InChI=1S/C15H23NO5/c1-10(2)16(6-7-17)15(18)11-8-13(20-4)14(21-5)9-12(11)19-3/h8-10,17H,6-7H2,1-5H3. The van der Waals surface area contributed by atoms with Crippen LogP contribution >= 0.6 is 0 Å². The maximum atomic E-state index is 12.7. The number of carbonyl (C=O) groups is 1. The molecule has 0 saturated heterocycles. The first-order valence-electron chi connectivity index (χ1n) is 6.71. The van der Waals surface area contributed by atoms with Crippen molar-refractivity contribution in [3.05, 3.63) is 17.7 Å². The summed E-state index contributed by atoms with van der Waals surface area (Å²) in [5, 5.41) is 9.12. The fraction of sp³-hybridized carbons (Fsp3) is 0.533. The molecule has 1 N–H and O–H groups in total. The van der Waals surface area contributed by atoms with Crippen LogP contribution in [-0.2, 0) is 0 Å². The van der Waals surface area contributed by atoms with Gasteiger partial charge in [0.1, 0.15) is 5.75 Å². The summed E-state index contributed by atoms with van der Waals surface area (Å²) in [7, 11) is 4.52. The summed E-state index contributed by atoms with van der Waals surface area (Å²) in [6.45, 7) is 3.94. The number of hydrogen-bond acceptors (Lipinski definition) is 5. The molecular weight excluding hydrogens is 274 g/mol. The molecule has 0 bridgehead atoms. The molecule has 0 aliphatic heterocycles. The van der Waals surface area contributed by atoms with Crippen molar-refractivity contribution >= 4 is 5.91 Å². The molecule has 0 saturated carbocycles. The molecule has 0 aliphatic rings. The Labute approximate surface area is 125 Å². The largest absolute Gasteiger partial charge is 0.496 e. The molecule has 0 spiro atoms. The van der Waals surface area contributed by atoms with Gasteiger partial charge in [0.15, 0.2) is 11.5 Å². The monoisotopic (exact) mass is 297 g/mol. The Bertz CT molecular complexity index is 487. The second kappa shape index (κ2) is 7.73. The number of ether oxygens (including phenoxy) is 3. The Hall–Kier alpha value is -1.95. The number of benzene rings is 1. The molecule has 0 atom stereocenters. The summed E-state index contributed by atoms with van der Waals surface area (Å²) in [5.41, 5.74) is 0.373. The molecule has 6 heteroatoms. The molecule has 118 valence electrons. The maximum absolute atomic E-state index is 12.7. The molecule has 21 heavy (non-hydrogen) atoms. The Morgan fingerprint density at radius 2 is 1.62 bits per heavy atom. The van der Waals surface area contributed by atoms with E-state index in [-0.39, 0.29) is 25.1 Å². The number of carbonyl (C=O) groups excluding carboxylic acids is 1. The summed E-state index contributed by atoms with van der Waals surface area (Å²) in [6, 6.07) is 3.17. The average molecular weight is 297 g/mol. The van der Waals surface area contributed by atoms with Crippen LogP contribution < -0.4 is 14.2 Å². The van der Waals surface area contributed by atoms with Crippen molar-refractivity contribution in [1.82, 2.24) is 4.90 Å². The smallest absolute Gasteiger partial charge is 0.258 e. The second-order valence-corrected chi connectivity index (χ2v) is 4.72. The minimum atomic E-state index is -0.225. The van der Waals surface area contributed by atoms with Crippen molar-refractivity contribution in [2.24, 2.45) is 0 Å². The fourth-order valence-electron chi connectivity index (χ4n) is 2.05. The van der Waals surface area contributed by atoms with Gasteiger partial charge in [-0.05, 0) is 13.8 Å². The van der Waals surface area contributed by atoms with Gasteiger partial charge in [-0.3, -0.25) is 4.79 Å². The molecule has 1 aromatic carbocycles. The number of methoxy groups -OCH3 is 3. The van der Waals surface area contributed by atoms with E-state index in [1.165, 1.54) is 21.3 Å². The van der Waals surface area contributed by atoms with E-state index in [1.54, 1.807) is 17.0 Å². The third kappa shape index (κ3) is 3.78. The number of aliphatic hydroxyl groups excluding tert-OH is 1. The summed E-state index contributed by atoms with van der Waals surface area (Å²) in [6.07, 6.45) is 0. The van der Waals surface area contributed by atoms with E-state index in [0.29, 0.717) is 22.8 Å². The third-order valence-electron chi connectivity index (χ3n) is 3.16. The van der Waals surface area contributed by atoms with Gasteiger partial charge in [-0.2, -0.15) is 0 Å². The van der Waals surface area contributed by atoms with Crippen molar-refractivity contribution < 1.29 is 24.1 Å². The van der Waals surface area contributed by atoms with Crippen LogP contribution in [0.5, 0.6) is 17.2 Å². The third-order valence-corrected chi connectivity index (χ3v) is 3.16. The van der Waals surface area contributed by atoms with Crippen LogP contribution in [0.1, 0.15) is 24.2 Å². The predicted molar refractivity (Wildman–Crippen MR) is 79.4 cm³/mol. The number of nitrogens with zero attached hydrogens (tertiary/aromatic N) is 1. The molecule has 0 aliphatic carbocycles. The quantitative estimate of drug-likeness (QED) is 0.827. The summed E-state index contributed by atoms with van der Waals surface area (Å²) < 4.78 is 15.7. The van der Waals surface area contributed by atoms with Gasteiger partial charge >= 0.3 is 0 Å². The first-order chi connectivity index (χ1) is 9.99. The zero-order chi connectivity index (χ0) is 16.0. The molecule has 6 nitrogen and oxygen atoms in total. The van der Waals surface area contributed by atoms with Crippen molar-refractivity contribution in [1.29, 1.82) is 0 Å². The number of aliphatic hydroxyl groups is 1. The normalized spacial score (nSPS) is 10.4. The van der Waals surface area contributed by atoms with Crippen LogP contribution in [0.3, 0.4) is 0 Å². The molecule has 0 radical (unpaired) electrons. The van der Waals surface area contributed by atoms with Gasteiger partial charge in [-0.1, -0.05) is 0 Å². The van der Waals surface area contributed by atoms with E-state index in [1.807, 2.05) is 13.8 Å². The van der Waals surface area contributed by atoms with Gasteiger partial charge in [-0.25, -0.2) is 0 Å². The molecule has 1 amide bonds. The molecule has 0 aromatic heterocycles. The van der Waals surface area contributed by atoms with E-state index >= 15 is 0 Å². The van der Waals surface area contributed by atoms with Crippen LogP contribution in [0.4, 0.5) is 0 Å². The first-order valence-corrected chi connectivity index (χ1v) is 6.71. The fourth-order valence-corrected chi connectivity index (χ4v) is 2.05. The summed E-state index contributed by atoms with van der Waals surface area (Å²) in [5.74, 6) is 1.12. The molecule has 1 rings (SSSR count). The van der Waals surface area contributed by atoms with Gasteiger partial charge in [0.25, 0.3) is 5.91 Å². The zero-order valence-electron chi connectivity index (χ0n) is 13.2. The Kier molecular flexibility index (Phi) is 6.30. The number of hydrogen-bond donors (Lipinski definition) is 1. The van der Waals surface area contributed by atoms with Crippen LogP contribution in [0, 0.1) is 0 Å². The van der Waals surface area contributed by atoms with Gasteiger partial charge in [0.2, 0.25) is 0 Å². The van der Waals surface area contributed by atoms with E-state index in [4.69, 9.17) is 19.3 Å². The van der Waals surface area contributed by atoms with Crippen LogP contribution in [-0.4, -0.2) is 56.4 Å². The van der Waals surface area contributed by atoms with Crippen molar-refractivity contribution in [2.75, 3.05) is 34.5 Å². The Morgan fingerprint density at radius 3 is 2.05 bits per heavy atom. The Balaban J connectivity index is 3.29. The van der Waals surface area contributed by atoms with Gasteiger partial charge < -0.3 is 24.2 Å². The van der Waals surface area contributed by atoms with Crippen LogP contribution in [0.15, 0.2) is 12.1 Å². The van der Waals surface area contributed by atoms with Gasteiger partial charge in [-0.15, -0.1) is 0 Å². The predicted octanol–water partition coefficient (Wildman–Crippen LogP) is 1.56. The molecule has 1 aromatic rings. The van der Waals surface area contributed by atoms with E-state index in [2.05, 4.69) is 0 Å². The summed E-state index contributed by atoms with van der Waals surface area (Å²) in [4.78, 5) is 14.2. The lowest BCUT2D eigenvalue weighted by atomic mass is 10.1. The molecule has 0 fully saturated rings. The van der Waals surface area contributed by atoms with Crippen LogP contribution in [0.25, 0.3) is 0 Å².